The largest absolute Gasteiger partial charge is 0.384 e. The molecule has 0 aliphatic rings. The van der Waals surface area contributed by atoms with E-state index < -0.39 is 9.84 Å². The van der Waals surface area contributed by atoms with Gasteiger partial charge in [0.25, 0.3) is 0 Å². The molecule has 7 heteroatoms. The van der Waals surface area contributed by atoms with Gasteiger partial charge in [0.1, 0.15) is 12.1 Å². The van der Waals surface area contributed by atoms with Crippen LogP contribution in [0.2, 0.25) is 0 Å². The Balaban J connectivity index is 2.15. The number of aryl methyl sites for hydroxylation is 1. The van der Waals surface area contributed by atoms with Crippen LogP contribution in [0.3, 0.4) is 0 Å². The van der Waals surface area contributed by atoms with Gasteiger partial charge < -0.3 is 5.73 Å². The van der Waals surface area contributed by atoms with Crippen molar-refractivity contribution in [3.05, 3.63) is 54.6 Å². The van der Waals surface area contributed by atoms with Gasteiger partial charge in [-0.1, -0.05) is 12.1 Å². The number of nitrogen functional groups attached to an aromatic ring is 1. The van der Waals surface area contributed by atoms with E-state index in [1.165, 1.54) is 12.6 Å². The molecule has 3 aromatic rings. The molecule has 0 radical (unpaired) electrons. The van der Waals surface area contributed by atoms with Gasteiger partial charge in [0, 0.05) is 34.8 Å². The molecule has 0 amide bonds. The lowest BCUT2D eigenvalue weighted by atomic mass is 9.99. The van der Waals surface area contributed by atoms with Gasteiger partial charge in [0.2, 0.25) is 0 Å². The van der Waals surface area contributed by atoms with E-state index in [9.17, 15) is 8.42 Å². The van der Waals surface area contributed by atoms with Crippen LogP contribution in [-0.4, -0.2) is 29.6 Å². The second-order valence-electron chi connectivity index (χ2n) is 5.45. The molecular formula is C17H16N4O2S. The molecule has 0 saturated heterocycles. The lowest BCUT2D eigenvalue weighted by molar-refractivity contribution is 0.602. The normalized spacial score (nSPS) is 11.4. The minimum atomic E-state index is -3.23. The first-order valence-electron chi connectivity index (χ1n) is 7.20. The van der Waals surface area contributed by atoms with E-state index in [1.54, 1.807) is 36.5 Å². The molecule has 2 N–H and O–H groups in total. The molecule has 2 aromatic heterocycles. The van der Waals surface area contributed by atoms with Crippen LogP contribution in [0.5, 0.6) is 0 Å². The Morgan fingerprint density at radius 3 is 2.17 bits per heavy atom. The second-order valence-corrected chi connectivity index (χ2v) is 7.47. The van der Waals surface area contributed by atoms with E-state index in [0.29, 0.717) is 11.5 Å². The smallest absolute Gasteiger partial charge is 0.175 e. The SMILES string of the molecule is Cc1ncnc(-c2ccc(S(C)(=O)=O)cc2)c1-c1ccc(N)nc1. The first-order chi connectivity index (χ1) is 11.4. The molecule has 0 spiro atoms. The summed E-state index contributed by atoms with van der Waals surface area (Å²) < 4.78 is 23.2. The summed E-state index contributed by atoms with van der Waals surface area (Å²) in [6.07, 6.45) is 4.35. The number of nitrogens with two attached hydrogens (primary N) is 1. The average Bonchev–Trinajstić information content (AvgIpc) is 2.55. The van der Waals surface area contributed by atoms with Gasteiger partial charge in [-0.15, -0.1) is 0 Å². The number of hydrogen-bond acceptors (Lipinski definition) is 6. The van der Waals surface area contributed by atoms with Crippen molar-refractivity contribution in [3.63, 3.8) is 0 Å². The molecule has 0 fully saturated rings. The molecule has 6 nitrogen and oxygen atoms in total. The predicted molar refractivity (Wildman–Crippen MR) is 93.0 cm³/mol. The Morgan fingerprint density at radius 2 is 1.58 bits per heavy atom. The molecule has 0 aliphatic heterocycles. The highest BCUT2D eigenvalue weighted by molar-refractivity contribution is 7.90. The maximum absolute atomic E-state index is 11.6. The van der Waals surface area contributed by atoms with E-state index >= 15 is 0 Å². The quantitative estimate of drug-likeness (QED) is 0.786. The van der Waals surface area contributed by atoms with Crippen LogP contribution >= 0.6 is 0 Å². The van der Waals surface area contributed by atoms with E-state index in [1.807, 2.05) is 13.0 Å². The summed E-state index contributed by atoms with van der Waals surface area (Å²) >= 11 is 0. The van der Waals surface area contributed by atoms with Crippen molar-refractivity contribution in [1.82, 2.24) is 15.0 Å². The molecule has 2 heterocycles. The Bertz CT molecular complexity index is 982. The third-order valence-corrected chi connectivity index (χ3v) is 4.80. The zero-order valence-electron chi connectivity index (χ0n) is 13.3. The zero-order chi connectivity index (χ0) is 17.3. The van der Waals surface area contributed by atoms with E-state index in [4.69, 9.17) is 5.73 Å². The van der Waals surface area contributed by atoms with Crippen LogP contribution in [0.15, 0.2) is 53.8 Å². The summed E-state index contributed by atoms with van der Waals surface area (Å²) in [5.41, 5.74) is 9.67. The first kappa shape index (κ1) is 16.1. The highest BCUT2D eigenvalue weighted by Gasteiger charge is 2.14. The monoisotopic (exact) mass is 340 g/mol. The fraction of sp³-hybridized carbons (Fsp3) is 0.118. The number of nitrogens with zero attached hydrogens (tertiary/aromatic N) is 3. The van der Waals surface area contributed by atoms with Crippen molar-refractivity contribution in [1.29, 1.82) is 0 Å². The first-order valence-corrected chi connectivity index (χ1v) is 9.09. The molecule has 0 aliphatic carbocycles. The van der Waals surface area contributed by atoms with Crippen molar-refractivity contribution in [3.8, 4) is 22.4 Å². The highest BCUT2D eigenvalue weighted by atomic mass is 32.2. The Labute approximate surface area is 140 Å². The van der Waals surface area contributed by atoms with Crippen LogP contribution in [0.1, 0.15) is 5.69 Å². The summed E-state index contributed by atoms with van der Waals surface area (Å²) in [7, 11) is -3.23. The van der Waals surface area contributed by atoms with Crippen LogP contribution in [-0.2, 0) is 9.84 Å². The average molecular weight is 340 g/mol. The molecular weight excluding hydrogens is 324 g/mol. The predicted octanol–water partition coefficient (Wildman–Crippen LogP) is 2.50. The van der Waals surface area contributed by atoms with E-state index in [-0.39, 0.29) is 4.90 Å². The number of sulfone groups is 1. The van der Waals surface area contributed by atoms with Crippen molar-refractivity contribution < 1.29 is 8.42 Å². The topological polar surface area (TPSA) is 98.8 Å². The number of rotatable bonds is 3. The third-order valence-electron chi connectivity index (χ3n) is 3.67. The lowest BCUT2D eigenvalue weighted by Gasteiger charge is -2.11. The summed E-state index contributed by atoms with van der Waals surface area (Å²) in [5, 5.41) is 0. The molecule has 1 aromatic carbocycles. The Morgan fingerprint density at radius 1 is 0.917 bits per heavy atom. The summed E-state index contributed by atoms with van der Waals surface area (Å²) in [5.74, 6) is 0.437. The highest BCUT2D eigenvalue weighted by Crippen LogP contribution is 2.32. The number of pyridine rings is 1. The minimum absolute atomic E-state index is 0.271. The van der Waals surface area contributed by atoms with Crippen molar-refractivity contribution >= 4 is 15.7 Å². The van der Waals surface area contributed by atoms with Crippen LogP contribution < -0.4 is 5.73 Å². The molecule has 122 valence electrons. The molecule has 0 saturated carbocycles. The van der Waals surface area contributed by atoms with E-state index in [2.05, 4.69) is 15.0 Å². The fourth-order valence-corrected chi connectivity index (χ4v) is 3.08. The van der Waals surface area contributed by atoms with Crippen molar-refractivity contribution in [2.75, 3.05) is 12.0 Å². The molecule has 3 rings (SSSR count). The van der Waals surface area contributed by atoms with Crippen LogP contribution in [0, 0.1) is 6.92 Å². The zero-order valence-corrected chi connectivity index (χ0v) is 14.1. The van der Waals surface area contributed by atoms with Gasteiger partial charge in [-0.05, 0) is 31.2 Å². The fourth-order valence-electron chi connectivity index (χ4n) is 2.45. The molecule has 0 bridgehead atoms. The maximum Gasteiger partial charge on any atom is 0.175 e. The Hall–Kier alpha value is -2.80. The minimum Gasteiger partial charge on any atom is -0.384 e. The second kappa shape index (κ2) is 6.01. The summed E-state index contributed by atoms with van der Waals surface area (Å²) in [6.45, 7) is 1.89. The lowest BCUT2D eigenvalue weighted by Crippen LogP contribution is -1.99. The molecule has 0 unspecified atom stereocenters. The van der Waals surface area contributed by atoms with Gasteiger partial charge in [-0.2, -0.15) is 0 Å². The number of benzene rings is 1. The summed E-state index contributed by atoms with van der Waals surface area (Å²) in [4.78, 5) is 13.0. The number of aromatic nitrogens is 3. The van der Waals surface area contributed by atoms with Gasteiger partial charge in [0.05, 0.1) is 10.6 Å². The van der Waals surface area contributed by atoms with Gasteiger partial charge in [0.15, 0.2) is 9.84 Å². The van der Waals surface area contributed by atoms with Crippen LogP contribution in [0.4, 0.5) is 5.82 Å². The van der Waals surface area contributed by atoms with Gasteiger partial charge >= 0.3 is 0 Å². The van der Waals surface area contributed by atoms with E-state index in [0.717, 1.165) is 22.4 Å². The standard InChI is InChI=1S/C17H16N4O2S/c1-11-16(13-5-8-15(18)19-9-13)17(21-10-20-11)12-3-6-14(7-4-12)24(2,22)23/h3-10H,1-2H3,(H2,18,19). The summed E-state index contributed by atoms with van der Waals surface area (Å²) in [6, 6.07) is 10.2. The van der Waals surface area contributed by atoms with Crippen molar-refractivity contribution in [2.24, 2.45) is 0 Å². The van der Waals surface area contributed by atoms with Crippen molar-refractivity contribution in [2.45, 2.75) is 11.8 Å². The molecule has 0 atom stereocenters. The van der Waals surface area contributed by atoms with Gasteiger partial charge in [-0.25, -0.2) is 23.4 Å². The third kappa shape index (κ3) is 3.11. The van der Waals surface area contributed by atoms with Gasteiger partial charge in [-0.3, -0.25) is 0 Å². The number of hydrogen-bond donors (Lipinski definition) is 1. The maximum atomic E-state index is 11.6. The van der Waals surface area contributed by atoms with Crippen LogP contribution in [0.25, 0.3) is 22.4 Å². The Kier molecular flexibility index (Phi) is 4.02. The number of anilines is 1. The molecule has 24 heavy (non-hydrogen) atoms.